The number of hydrogen-bond donors (Lipinski definition) is 2. The van der Waals surface area contributed by atoms with Crippen LogP contribution in [0, 0.1) is 11.3 Å². The quantitative estimate of drug-likeness (QED) is 0.166. The van der Waals surface area contributed by atoms with Gasteiger partial charge in [-0.25, -0.2) is 4.39 Å². The fourth-order valence-corrected chi connectivity index (χ4v) is 3.98. The number of amides is 1. The van der Waals surface area contributed by atoms with Crippen molar-refractivity contribution in [3.63, 3.8) is 0 Å². The number of hydrogen-bond acceptors (Lipinski definition) is 3. The van der Waals surface area contributed by atoms with E-state index >= 15 is 0 Å². The van der Waals surface area contributed by atoms with Crippen LogP contribution in [0.25, 0.3) is 5.83 Å². The summed E-state index contributed by atoms with van der Waals surface area (Å²) in [5.41, 5.74) is 0.753. The second-order valence-corrected chi connectivity index (χ2v) is 9.05. The average Bonchev–Trinajstić information content (AvgIpc) is 2.87. The van der Waals surface area contributed by atoms with Crippen LogP contribution in [0.15, 0.2) is 60.7 Å². The summed E-state index contributed by atoms with van der Waals surface area (Å²) in [6.07, 6.45) is -10.2. The molecule has 0 saturated heterocycles. The number of alkyl halides is 6. The summed E-state index contributed by atoms with van der Waals surface area (Å²) in [7, 11) is 0. The highest BCUT2D eigenvalue weighted by Crippen LogP contribution is 2.42. The van der Waals surface area contributed by atoms with Gasteiger partial charge in [-0.1, -0.05) is 46.9 Å². The zero-order chi connectivity index (χ0) is 29.1. The van der Waals surface area contributed by atoms with Crippen molar-refractivity contribution in [1.82, 2.24) is 5.43 Å². The van der Waals surface area contributed by atoms with Crippen molar-refractivity contribution >= 4 is 52.2 Å². The zero-order valence-electron chi connectivity index (χ0n) is 19.0. The molecule has 0 bridgehead atoms. The Hall–Kier alpha value is -3.46. The standard InChI is InChI=1S/C25H13Cl3F7N3O/c26-19-8-14(9-20(27)22(19)28)17(24(30,31)32)10-21(29)13-4-5-16(18(7-13)25(33,34)35)23(39)38-37-15-3-1-2-12(6-15)11-36/h1-10,17,37H,(H,38,39)/b21-10-. The molecule has 1 atom stereocenters. The molecule has 14 heteroatoms. The molecule has 0 aliphatic heterocycles. The van der Waals surface area contributed by atoms with E-state index in [0.29, 0.717) is 6.07 Å². The van der Waals surface area contributed by atoms with Gasteiger partial charge in [-0.2, -0.15) is 31.6 Å². The Morgan fingerprint density at radius 2 is 1.59 bits per heavy atom. The lowest BCUT2D eigenvalue weighted by Gasteiger charge is -2.19. The van der Waals surface area contributed by atoms with Crippen molar-refractivity contribution < 1.29 is 35.5 Å². The molecule has 3 aromatic carbocycles. The highest BCUT2D eigenvalue weighted by Gasteiger charge is 2.41. The van der Waals surface area contributed by atoms with Gasteiger partial charge in [0.25, 0.3) is 5.91 Å². The van der Waals surface area contributed by atoms with Crippen molar-refractivity contribution in [2.45, 2.75) is 18.3 Å². The molecule has 204 valence electrons. The minimum absolute atomic E-state index is 0.0644. The van der Waals surface area contributed by atoms with E-state index in [2.05, 4.69) is 5.43 Å². The predicted molar refractivity (Wildman–Crippen MR) is 133 cm³/mol. The van der Waals surface area contributed by atoms with Gasteiger partial charge in [0.05, 0.1) is 43.5 Å². The molecule has 39 heavy (non-hydrogen) atoms. The van der Waals surface area contributed by atoms with E-state index in [9.17, 15) is 35.5 Å². The van der Waals surface area contributed by atoms with E-state index in [1.807, 2.05) is 11.5 Å². The Balaban J connectivity index is 1.97. The van der Waals surface area contributed by atoms with Gasteiger partial charge in [-0.15, -0.1) is 0 Å². The Labute approximate surface area is 231 Å². The van der Waals surface area contributed by atoms with Crippen LogP contribution in [-0.2, 0) is 6.18 Å². The largest absolute Gasteiger partial charge is 0.417 e. The monoisotopic (exact) mass is 609 g/mol. The molecule has 2 N–H and O–H groups in total. The second kappa shape index (κ2) is 11.7. The summed E-state index contributed by atoms with van der Waals surface area (Å²) in [5, 5.41) is 7.99. The Bertz CT molecular complexity index is 1460. The molecular weight excluding hydrogens is 598 g/mol. The van der Waals surface area contributed by atoms with E-state index in [1.54, 1.807) is 0 Å². The fourth-order valence-electron chi connectivity index (χ4n) is 3.37. The first-order valence-electron chi connectivity index (χ1n) is 10.5. The van der Waals surface area contributed by atoms with E-state index in [4.69, 9.17) is 40.1 Å². The third-order valence-corrected chi connectivity index (χ3v) is 6.39. The number of allylic oxidation sites excluding steroid dienone is 1. The molecule has 0 radical (unpaired) electrons. The number of anilines is 1. The van der Waals surface area contributed by atoms with Crippen LogP contribution in [0.5, 0.6) is 0 Å². The van der Waals surface area contributed by atoms with Crippen molar-refractivity contribution in [2.75, 3.05) is 5.43 Å². The van der Waals surface area contributed by atoms with Crippen LogP contribution in [0.2, 0.25) is 15.1 Å². The number of halogens is 10. The summed E-state index contributed by atoms with van der Waals surface area (Å²) in [6.45, 7) is 0. The molecule has 3 rings (SSSR count). The van der Waals surface area contributed by atoms with Crippen LogP contribution in [0.4, 0.5) is 36.4 Å². The van der Waals surface area contributed by atoms with E-state index < -0.39 is 52.3 Å². The number of nitrogens with zero attached hydrogens (tertiary/aromatic N) is 1. The molecule has 1 amide bonds. The Kier molecular flexibility index (Phi) is 9.05. The molecule has 0 heterocycles. The number of benzene rings is 3. The first kappa shape index (κ1) is 30.1. The maximum Gasteiger partial charge on any atom is 0.417 e. The van der Waals surface area contributed by atoms with Gasteiger partial charge in [0, 0.05) is 5.56 Å². The van der Waals surface area contributed by atoms with Crippen molar-refractivity contribution in [2.24, 2.45) is 0 Å². The van der Waals surface area contributed by atoms with Crippen LogP contribution in [0.3, 0.4) is 0 Å². The maximum atomic E-state index is 15.0. The third kappa shape index (κ3) is 7.35. The van der Waals surface area contributed by atoms with Crippen molar-refractivity contribution in [3.8, 4) is 6.07 Å². The number of hydrazine groups is 1. The van der Waals surface area contributed by atoms with Gasteiger partial charge in [0.15, 0.2) is 0 Å². The number of carbonyl (C=O) groups is 1. The summed E-state index contributed by atoms with van der Waals surface area (Å²) in [6, 6.07) is 10.7. The molecule has 3 aromatic rings. The lowest BCUT2D eigenvalue weighted by Crippen LogP contribution is -2.31. The second-order valence-electron chi connectivity index (χ2n) is 7.86. The Morgan fingerprint density at radius 3 is 2.15 bits per heavy atom. The number of rotatable bonds is 6. The minimum atomic E-state index is -5.18. The highest BCUT2D eigenvalue weighted by molar-refractivity contribution is 6.48. The Morgan fingerprint density at radius 1 is 0.949 bits per heavy atom. The zero-order valence-corrected chi connectivity index (χ0v) is 21.3. The number of nitriles is 1. The first-order valence-corrected chi connectivity index (χ1v) is 11.6. The smallest absolute Gasteiger partial charge is 0.298 e. The van der Waals surface area contributed by atoms with Crippen LogP contribution in [0.1, 0.15) is 38.5 Å². The summed E-state index contributed by atoms with van der Waals surface area (Å²) >= 11 is 17.3. The van der Waals surface area contributed by atoms with Gasteiger partial charge in [-0.3, -0.25) is 15.6 Å². The van der Waals surface area contributed by atoms with Crippen LogP contribution >= 0.6 is 34.8 Å². The lowest BCUT2D eigenvalue weighted by molar-refractivity contribution is -0.140. The molecule has 0 aliphatic carbocycles. The molecule has 0 aliphatic rings. The number of carbonyl (C=O) groups excluding carboxylic acids is 1. The molecule has 1 unspecified atom stereocenters. The van der Waals surface area contributed by atoms with Gasteiger partial charge in [0.1, 0.15) is 11.7 Å². The van der Waals surface area contributed by atoms with Gasteiger partial charge < -0.3 is 0 Å². The minimum Gasteiger partial charge on any atom is -0.298 e. The van der Waals surface area contributed by atoms with E-state index in [1.165, 1.54) is 24.3 Å². The summed E-state index contributed by atoms with van der Waals surface area (Å²) in [4.78, 5) is 12.5. The lowest BCUT2D eigenvalue weighted by atomic mass is 9.95. The van der Waals surface area contributed by atoms with Gasteiger partial charge in [-0.05, 0) is 54.1 Å². The van der Waals surface area contributed by atoms with E-state index in [0.717, 1.165) is 18.2 Å². The summed E-state index contributed by atoms with van der Waals surface area (Å²) in [5.74, 6) is -5.57. The molecule has 4 nitrogen and oxygen atoms in total. The third-order valence-electron chi connectivity index (χ3n) is 5.19. The summed E-state index contributed by atoms with van der Waals surface area (Å²) < 4.78 is 97.6. The van der Waals surface area contributed by atoms with Crippen molar-refractivity contribution in [3.05, 3.63) is 104 Å². The number of nitrogens with one attached hydrogen (secondary N) is 2. The fraction of sp³-hybridized carbons (Fsp3) is 0.120. The van der Waals surface area contributed by atoms with Crippen LogP contribution in [-0.4, -0.2) is 12.1 Å². The topological polar surface area (TPSA) is 64.9 Å². The molecule has 0 aromatic heterocycles. The predicted octanol–water partition coefficient (Wildman–Crippen LogP) is 8.95. The van der Waals surface area contributed by atoms with E-state index in [-0.39, 0.29) is 38.5 Å². The maximum absolute atomic E-state index is 15.0. The van der Waals surface area contributed by atoms with Gasteiger partial charge in [0.2, 0.25) is 0 Å². The first-order chi connectivity index (χ1) is 18.1. The molecular formula is C25H13Cl3F7N3O. The normalized spacial score (nSPS) is 13.0. The highest BCUT2D eigenvalue weighted by atomic mass is 35.5. The molecule has 0 saturated carbocycles. The molecule has 0 spiro atoms. The van der Waals surface area contributed by atoms with Crippen molar-refractivity contribution in [1.29, 1.82) is 5.26 Å². The average molecular weight is 611 g/mol. The SMILES string of the molecule is N#Cc1cccc(NNC(=O)c2ccc(/C(F)=C/C(c3cc(Cl)c(Cl)c(Cl)c3)C(F)(F)F)cc2C(F)(F)F)c1. The molecule has 0 fully saturated rings. The van der Waals surface area contributed by atoms with Gasteiger partial charge >= 0.3 is 12.4 Å². The van der Waals surface area contributed by atoms with Crippen LogP contribution < -0.4 is 10.9 Å².